The number of aromatic carboxylic acids is 1. The summed E-state index contributed by atoms with van der Waals surface area (Å²) in [5.41, 5.74) is 1.09. The molecule has 0 amide bonds. The molecular formula is C12H13NO3. The first kappa shape index (κ1) is 10.7. The standard InChI is InChI=1S/C12H13NO3/c1-16-8-7-13-6-5-9-3-2-4-10(11(9)13)12(14)15/h2-6H,7-8H2,1H3,(H,14,15). The van der Waals surface area contributed by atoms with Gasteiger partial charge in [-0.15, -0.1) is 0 Å². The average Bonchev–Trinajstić information content (AvgIpc) is 2.69. The minimum atomic E-state index is -0.900. The van der Waals surface area contributed by atoms with Crippen LogP contribution in [0.4, 0.5) is 0 Å². The van der Waals surface area contributed by atoms with Gasteiger partial charge in [0.15, 0.2) is 0 Å². The van der Waals surface area contributed by atoms with Crippen molar-refractivity contribution in [2.45, 2.75) is 6.54 Å². The fourth-order valence-corrected chi connectivity index (χ4v) is 1.81. The van der Waals surface area contributed by atoms with Crippen LogP contribution < -0.4 is 0 Å². The molecule has 0 bridgehead atoms. The van der Waals surface area contributed by atoms with Crippen molar-refractivity contribution >= 4 is 16.9 Å². The number of para-hydroxylation sites is 1. The van der Waals surface area contributed by atoms with Gasteiger partial charge in [0.1, 0.15) is 0 Å². The monoisotopic (exact) mass is 219 g/mol. The summed E-state index contributed by atoms with van der Waals surface area (Å²) < 4.78 is 6.90. The quantitative estimate of drug-likeness (QED) is 0.855. The van der Waals surface area contributed by atoms with E-state index in [0.717, 1.165) is 10.9 Å². The first-order chi connectivity index (χ1) is 7.74. The highest BCUT2D eigenvalue weighted by Gasteiger charge is 2.11. The van der Waals surface area contributed by atoms with Crippen LogP contribution in [0, 0.1) is 0 Å². The molecule has 4 heteroatoms. The highest BCUT2D eigenvalue weighted by molar-refractivity contribution is 6.02. The molecule has 1 aromatic heterocycles. The van der Waals surface area contributed by atoms with Crippen LogP contribution >= 0.6 is 0 Å². The van der Waals surface area contributed by atoms with E-state index in [1.54, 1.807) is 19.2 Å². The zero-order chi connectivity index (χ0) is 11.5. The molecule has 0 aliphatic heterocycles. The summed E-state index contributed by atoms with van der Waals surface area (Å²) in [4.78, 5) is 11.1. The van der Waals surface area contributed by atoms with E-state index in [1.165, 1.54) is 0 Å². The van der Waals surface area contributed by atoms with Crippen LogP contribution in [0.5, 0.6) is 0 Å². The lowest BCUT2D eigenvalue weighted by atomic mass is 10.1. The van der Waals surface area contributed by atoms with E-state index in [4.69, 9.17) is 9.84 Å². The van der Waals surface area contributed by atoms with E-state index < -0.39 is 5.97 Å². The Morgan fingerprint density at radius 3 is 2.94 bits per heavy atom. The second-order valence-electron chi connectivity index (χ2n) is 3.55. The summed E-state index contributed by atoms with van der Waals surface area (Å²) in [5.74, 6) is -0.900. The number of benzene rings is 1. The van der Waals surface area contributed by atoms with Crippen LogP contribution in [0.1, 0.15) is 10.4 Å². The third kappa shape index (κ3) is 1.79. The predicted octanol–water partition coefficient (Wildman–Crippen LogP) is 1.99. The molecule has 0 radical (unpaired) electrons. The van der Waals surface area contributed by atoms with Crippen molar-refractivity contribution in [3.8, 4) is 0 Å². The van der Waals surface area contributed by atoms with Gasteiger partial charge in [-0.2, -0.15) is 0 Å². The number of aromatic nitrogens is 1. The van der Waals surface area contributed by atoms with Gasteiger partial charge in [0.2, 0.25) is 0 Å². The molecule has 0 fully saturated rings. The first-order valence-electron chi connectivity index (χ1n) is 5.04. The summed E-state index contributed by atoms with van der Waals surface area (Å²) in [5, 5.41) is 10.0. The molecule has 0 saturated heterocycles. The van der Waals surface area contributed by atoms with Crippen LogP contribution in [-0.4, -0.2) is 29.4 Å². The lowest BCUT2D eigenvalue weighted by Gasteiger charge is -2.06. The molecule has 1 aromatic carbocycles. The summed E-state index contributed by atoms with van der Waals surface area (Å²) in [6, 6.07) is 7.20. The van der Waals surface area contributed by atoms with Gasteiger partial charge in [-0.05, 0) is 12.1 Å². The molecule has 16 heavy (non-hydrogen) atoms. The van der Waals surface area contributed by atoms with Gasteiger partial charge in [0, 0.05) is 25.2 Å². The fourth-order valence-electron chi connectivity index (χ4n) is 1.81. The normalized spacial score (nSPS) is 10.8. The number of carbonyl (C=O) groups is 1. The lowest BCUT2D eigenvalue weighted by molar-refractivity contribution is 0.0698. The van der Waals surface area contributed by atoms with E-state index >= 15 is 0 Å². The van der Waals surface area contributed by atoms with Gasteiger partial charge in [-0.25, -0.2) is 4.79 Å². The van der Waals surface area contributed by atoms with E-state index in [0.29, 0.717) is 18.7 Å². The number of nitrogens with zero attached hydrogens (tertiary/aromatic N) is 1. The predicted molar refractivity (Wildman–Crippen MR) is 60.8 cm³/mol. The van der Waals surface area contributed by atoms with Crippen LogP contribution in [0.2, 0.25) is 0 Å². The van der Waals surface area contributed by atoms with Crippen molar-refractivity contribution in [3.05, 3.63) is 36.0 Å². The van der Waals surface area contributed by atoms with Crippen molar-refractivity contribution in [2.75, 3.05) is 13.7 Å². The van der Waals surface area contributed by atoms with Gasteiger partial charge in [-0.1, -0.05) is 12.1 Å². The summed E-state index contributed by atoms with van der Waals surface area (Å²) in [6.07, 6.45) is 1.89. The molecule has 0 aliphatic rings. The van der Waals surface area contributed by atoms with Crippen molar-refractivity contribution in [1.82, 2.24) is 4.57 Å². The zero-order valence-electron chi connectivity index (χ0n) is 9.01. The Morgan fingerprint density at radius 1 is 1.44 bits per heavy atom. The highest BCUT2D eigenvalue weighted by Crippen LogP contribution is 2.20. The molecule has 0 spiro atoms. The topological polar surface area (TPSA) is 51.5 Å². The number of hydrogen-bond acceptors (Lipinski definition) is 2. The largest absolute Gasteiger partial charge is 0.478 e. The first-order valence-corrected chi connectivity index (χ1v) is 5.04. The Morgan fingerprint density at radius 2 is 2.25 bits per heavy atom. The minimum Gasteiger partial charge on any atom is -0.478 e. The van der Waals surface area contributed by atoms with Crippen molar-refractivity contribution < 1.29 is 14.6 Å². The fraction of sp³-hybridized carbons (Fsp3) is 0.250. The Bertz CT molecular complexity index is 516. The van der Waals surface area contributed by atoms with E-state index in [-0.39, 0.29) is 0 Å². The Balaban J connectivity index is 2.54. The SMILES string of the molecule is COCCn1ccc2cccc(C(=O)O)c21. The maximum Gasteiger partial charge on any atom is 0.337 e. The number of carboxylic acid groups (broad SMARTS) is 1. The molecule has 0 saturated carbocycles. The van der Waals surface area contributed by atoms with Crippen molar-refractivity contribution in [2.24, 2.45) is 0 Å². The molecular weight excluding hydrogens is 206 g/mol. The molecule has 0 unspecified atom stereocenters. The second-order valence-corrected chi connectivity index (χ2v) is 3.55. The molecule has 4 nitrogen and oxygen atoms in total. The van der Waals surface area contributed by atoms with Crippen LogP contribution in [0.25, 0.3) is 10.9 Å². The molecule has 0 atom stereocenters. The Hall–Kier alpha value is -1.81. The van der Waals surface area contributed by atoms with Crippen LogP contribution in [-0.2, 0) is 11.3 Å². The Kier molecular flexibility index (Phi) is 2.92. The number of ether oxygens (including phenoxy) is 1. The molecule has 2 rings (SSSR count). The number of carboxylic acids is 1. The van der Waals surface area contributed by atoms with Gasteiger partial charge in [0.25, 0.3) is 0 Å². The maximum atomic E-state index is 11.1. The third-order valence-electron chi connectivity index (χ3n) is 2.56. The second kappa shape index (κ2) is 4.37. The summed E-state index contributed by atoms with van der Waals surface area (Å²) in [7, 11) is 1.63. The number of hydrogen-bond donors (Lipinski definition) is 1. The number of rotatable bonds is 4. The third-order valence-corrected chi connectivity index (χ3v) is 2.56. The van der Waals surface area contributed by atoms with Crippen molar-refractivity contribution in [3.63, 3.8) is 0 Å². The summed E-state index contributed by atoms with van der Waals surface area (Å²) in [6.45, 7) is 1.22. The molecule has 1 heterocycles. The van der Waals surface area contributed by atoms with Gasteiger partial charge < -0.3 is 14.4 Å². The maximum absolute atomic E-state index is 11.1. The minimum absolute atomic E-state index is 0.332. The molecule has 0 aliphatic carbocycles. The van der Waals surface area contributed by atoms with Crippen LogP contribution in [0.3, 0.4) is 0 Å². The van der Waals surface area contributed by atoms with Gasteiger partial charge in [-0.3, -0.25) is 0 Å². The summed E-state index contributed by atoms with van der Waals surface area (Å²) >= 11 is 0. The molecule has 2 aromatic rings. The highest BCUT2D eigenvalue weighted by atomic mass is 16.5. The number of methoxy groups -OCH3 is 1. The lowest BCUT2D eigenvalue weighted by Crippen LogP contribution is -2.06. The molecule has 1 N–H and O–H groups in total. The smallest absolute Gasteiger partial charge is 0.337 e. The average molecular weight is 219 g/mol. The number of fused-ring (bicyclic) bond motifs is 1. The van der Waals surface area contributed by atoms with Crippen molar-refractivity contribution in [1.29, 1.82) is 0 Å². The van der Waals surface area contributed by atoms with E-state index in [1.807, 2.05) is 22.9 Å². The van der Waals surface area contributed by atoms with E-state index in [9.17, 15) is 4.79 Å². The Labute approximate surface area is 93.1 Å². The molecule has 84 valence electrons. The van der Waals surface area contributed by atoms with E-state index in [2.05, 4.69) is 0 Å². The van der Waals surface area contributed by atoms with Crippen LogP contribution in [0.15, 0.2) is 30.5 Å². The zero-order valence-corrected chi connectivity index (χ0v) is 9.01. The van der Waals surface area contributed by atoms with Gasteiger partial charge >= 0.3 is 5.97 Å². The van der Waals surface area contributed by atoms with Gasteiger partial charge in [0.05, 0.1) is 17.7 Å².